The van der Waals surface area contributed by atoms with E-state index in [0.29, 0.717) is 11.5 Å². The fraction of sp³-hybridized carbons (Fsp3) is 0.0833. The number of fused-ring (bicyclic) bond motifs is 1. The van der Waals surface area contributed by atoms with Crippen molar-refractivity contribution in [3.05, 3.63) is 94.4 Å². The van der Waals surface area contributed by atoms with Crippen LogP contribution >= 0.6 is 23.1 Å². The summed E-state index contributed by atoms with van der Waals surface area (Å²) in [4.78, 5) is 5.19. The third kappa shape index (κ3) is 5.05. The Hall–Kier alpha value is -3.07. The Labute approximate surface area is 178 Å². The van der Waals surface area contributed by atoms with Crippen LogP contribution in [0, 0.1) is 18.3 Å². The SMILES string of the molecule is Cc1ccc(COc2ccc(/C=C(\C#N)Sc3nc4ccccc4s3)cc2)cc1. The Morgan fingerprint density at radius 3 is 2.55 bits per heavy atom. The molecule has 0 unspecified atom stereocenters. The van der Waals surface area contributed by atoms with E-state index >= 15 is 0 Å². The van der Waals surface area contributed by atoms with E-state index in [2.05, 4.69) is 42.2 Å². The molecule has 29 heavy (non-hydrogen) atoms. The first-order valence-electron chi connectivity index (χ1n) is 9.13. The Balaban J connectivity index is 1.42. The highest BCUT2D eigenvalue weighted by Gasteiger charge is 2.07. The number of nitrogens with zero attached hydrogens (tertiary/aromatic N) is 2. The minimum absolute atomic E-state index is 0.534. The first kappa shape index (κ1) is 19.3. The molecule has 1 aromatic heterocycles. The third-order valence-electron chi connectivity index (χ3n) is 4.29. The average Bonchev–Trinajstić information content (AvgIpc) is 3.16. The van der Waals surface area contributed by atoms with Crippen LogP contribution in [-0.2, 0) is 6.61 Å². The summed E-state index contributed by atoms with van der Waals surface area (Å²) in [6.07, 6.45) is 1.88. The van der Waals surface area contributed by atoms with Crippen LogP contribution in [0.1, 0.15) is 16.7 Å². The summed E-state index contributed by atoms with van der Waals surface area (Å²) in [5.41, 5.74) is 4.30. The van der Waals surface area contributed by atoms with Gasteiger partial charge in [-0.15, -0.1) is 11.3 Å². The van der Waals surface area contributed by atoms with Crippen LogP contribution < -0.4 is 4.74 Å². The minimum Gasteiger partial charge on any atom is -0.489 e. The van der Waals surface area contributed by atoms with E-state index in [1.54, 1.807) is 11.3 Å². The van der Waals surface area contributed by atoms with Crippen molar-refractivity contribution in [2.75, 3.05) is 0 Å². The molecule has 4 rings (SSSR count). The van der Waals surface area contributed by atoms with Crippen molar-refractivity contribution < 1.29 is 4.74 Å². The van der Waals surface area contributed by atoms with Gasteiger partial charge >= 0.3 is 0 Å². The molecule has 0 bridgehead atoms. The molecule has 5 heteroatoms. The second kappa shape index (κ2) is 8.95. The lowest BCUT2D eigenvalue weighted by atomic mass is 10.2. The van der Waals surface area contributed by atoms with E-state index in [-0.39, 0.29) is 0 Å². The molecule has 0 saturated heterocycles. The van der Waals surface area contributed by atoms with Crippen molar-refractivity contribution in [3.8, 4) is 11.8 Å². The Morgan fingerprint density at radius 2 is 1.83 bits per heavy atom. The number of rotatable bonds is 6. The zero-order valence-corrected chi connectivity index (χ0v) is 17.5. The van der Waals surface area contributed by atoms with Crippen molar-refractivity contribution >= 4 is 39.4 Å². The number of thioether (sulfide) groups is 1. The van der Waals surface area contributed by atoms with Crippen LogP contribution in [0.4, 0.5) is 0 Å². The average molecular weight is 415 g/mol. The Morgan fingerprint density at radius 1 is 1.07 bits per heavy atom. The molecular weight excluding hydrogens is 396 g/mol. The molecule has 0 aliphatic rings. The maximum absolute atomic E-state index is 9.52. The number of thiazole rings is 1. The van der Waals surface area contributed by atoms with Gasteiger partial charge in [-0.2, -0.15) is 5.26 Å². The number of aryl methyl sites for hydroxylation is 1. The highest BCUT2D eigenvalue weighted by Crippen LogP contribution is 2.34. The first-order chi connectivity index (χ1) is 14.2. The second-order valence-corrected chi connectivity index (χ2v) is 8.83. The smallest absolute Gasteiger partial charge is 0.156 e. The molecular formula is C24H18N2OS2. The third-order valence-corrected chi connectivity index (χ3v) is 6.31. The molecule has 0 aliphatic carbocycles. The van der Waals surface area contributed by atoms with Gasteiger partial charge in [0.25, 0.3) is 0 Å². The van der Waals surface area contributed by atoms with Gasteiger partial charge in [-0.1, -0.05) is 54.1 Å². The predicted molar refractivity (Wildman–Crippen MR) is 121 cm³/mol. The first-order valence-corrected chi connectivity index (χ1v) is 10.8. The fourth-order valence-electron chi connectivity index (χ4n) is 2.74. The number of aromatic nitrogens is 1. The molecule has 0 amide bonds. The summed E-state index contributed by atoms with van der Waals surface area (Å²) in [5.74, 6) is 0.806. The number of allylic oxidation sites excluding steroid dienone is 1. The fourth-order valence-corrected chi connectivity index (χ4v) is 4.71. The maximum atomic E-state index is 9.52. The van der Waals surface area contributed by atoms with E-state index in [9.17, 15) is 5.26 Å². The number of nitriles is 1. The Kier molecular flexibility index (Phi) is 5.95. The highest BCUT2D eigenvalue weighted by atomic mass is 32.2. The zero-order chi connectivity index (χ0) is 20.1. The van der Waals surface area contributed by atoms with Gasteiger partial charge in [-0.05, 0) is 60.2 Å². The highest BCUT2D eigenvalue weighted by molar-refractivity contribution is 8.05. The predicted octanol–water partition coefficient (Wildman–Crippen LogP) is 6.84. The van der Waals surface area contributed by atoms with Gasteiger partial charge in [0.05, 0.1) is 15.1 Å². The molecule has 0 N–H and O–H groups in total. The lowest BCUT2D eigenvalue weighted by Gasteiger charge is -2.07. The van der Waals surface area contributed by atoms with Crippen LogP contribution in [0.3, 0.4) is 0 Å². The number of benzene rings is 3. The molecule has 0 saturated carbocycles. The van der Waals surface area contributed by atoms with E-state index in [1.165, 1.54) is 17.3 Å². The molecule has 0 fully saturated rings. The lowest BCUT2D eigenvalue weighted by Crippen LogP contribution is -1.95. The van der Waals surface area contributed by atoms with Crippen LogP contribution in [-0.4, -0.2) is 4.98 Å². The molecule has 142 valence electrons. The normalized spacial score (nSPS) is 11.4. The lowest BCUT2D eigenvalue weighted by molar-refractivity contribution is 0.306. The van der Waals surface area contributed by atoms with Gasteiger partial charge in [0, 0.05) is 0 Å². The van der Waals surface area contributed by atoms with E-state index in [1.807, 2.05) is 54.6 Å². The van der Waals surface area contributed by atoms with Crippen molar-refractivity contribution in [1.82, 2.24) is 4.98 Å². The summed E-state index contributed by atoms with van der Waals surface area (Å²) in [7, 11) is 0. The Bertz CT molecular complexity index is 1150. The summed E-state index contributed by atoms with van der Waals surface area (Å²) in [6.45, 7) is 2.61. The molecule has 3 nitrogen and oxygen atoms in total. The standard InChI is InChI=1S/C24H18N2OS2/c1-17-6-8-19(9-7-17)16-27-20-12-10-18(11-13-20)14-21(15-25)28-24-26-22-4-2-3-5-23(22)29-24/h2-14H,16H2,1H3/b21-14+. The van der Waals surface area contributed by atoms with Crippen LogP contribution in [0.25, 0.3) is 16.3 Å². The zero-order valence-electron chi connectivity index (χ0n) is 15.8. The summed E-state index contributed by atoms with van der Waals surface area (Å²) in [5, 5.41) is 9.52. The molecule has 4 aromatic rings. The molecule has 0 spiro atoms. The van der Waals surface area contributed by atoms with Gasteiger partial charge in [0.15, 0.2) is 4.34 Å². The maximum Gasteiger partial charge on any atom is 0.156 e. The topological polar surface area (TPSA) is 45.9 Å². The number of hydrogen-bond acceptors (Lipinski definition) is 5. The van der Waals surface area contributed by atoms with Crippen molar-refractivity contribution in [3.63, 3.8) is 0 Å². The van der Waals surface area contributed by atoms with Gasteiger partial charge in [-0.25, -0.2) is 4.98 Å². The number of para-hydroxylation sites is 1. The number of hydrogen-bond donors (Lipinski definition) is 0. The summed E-state index contributed by atoms with van der Waals surface area (Å²) in [6, 6.07) is 26.4. The monoisotopic (exact) mass is 414 g/mol. The van der Waals surface area contributed by atoms with Crippen LogP contribution in [0.2, 0.25) is 0 Å². The molecule has 1 heterocycles. The summed E-state index contributed by atoms with van der Waals surface area (Å²) < 4.78 is 7.85. The quantitative estimate of drug-likeness (QED) is 0.256. The van der Waals surface area contributed by atoms with Crippen molar-refractivity contribution in [2.45, 2.75) is 17.9 Å². The molecule has 0 atom stereocenters. The molecule has 0 aliphatic heterocycles. The molecule has 3 aromatic carbocycles. The van der Waals surface area contributed by atoms with Gasteiger partial charge in [0.2, 0.25) is 0 Å². The van der Waals surface area contributed by atoms with Gasteiger partial charge in [-0.3, -0.25) is 0 Å². The second-order valence-electron chi connectivity index (χ2n) is 6.51. The van der Waals surface area contributed by atoms with Gasteiger partial charge < -0.3 is 4.74 Å². The van der Waals surface area contributed by atoms with Crippen molar-refractivity contribution in [1.29, 1.82) is 5.26 Å². The number of ether oxygens (including phenoxy) is 1. The molecule has 0 radical (unpaired) electrons. The van der Waals surface area contributed by atoms with Crippen LogP contribution in [0.15, 0.2) is 82.0 Å². The summed E-state index contributed by atoms with van der Waals surface area (Å²) >= 11 is 3.00. The minimum atomic E-state index is 0.534. The van der Waals surface area contributed by atoms with E-state index < -0.39 is 0 Å². The largest absolute Gasteiger partial charge is 0.489 e. The van der Waals surface area contributed by atoms with Crippen LogP contribution in [0.5, 0.6) is 5.75 Å². The van der Waals surface area contributed by atoms with E-state index in [4.69, 9.17) is 4.74 Å². The van der Waals surface area contributed by atoms with E-state index in [0.717, 1.165) is 31.4 Å². The van der Waals surface area contributed by atoms with Crippen molar-refractivity contribution in [2.24, 2.45) is 0 Å². The van der Waals surface area contributed by atoms with Gasteiger partial charge in [0.1, 0.15) is 18.4 Å².